The fourth-order valence-corrected chi connectivity index (χ4v) is 2.34. The van der Waals surface area contributed by atoms with Gasteiger partial charge in [0.25, 0.3) is 10.0 Å². The molecule has 8 nitrogen and oxygen atoms in total. The van der Waals surface area contributed by atoms with E-state index in [0.29, 0.717) is 12.4 Å². The van der Waals surface area contributed by atoms with Crippen LogP contribution in [0.4, 0.5) is 5.95 Å². The van der Waals surface area contributed by atoms with Gasteiger partial charge in [-0.05, 0) is 13.8 Å². The predicted octanol–water partition coefficient (Wildman–Crippen LogP) is 0.130. The maximum Gasteiger partial charge on any atom is 0.283 e. The van der Waals surface area contributed by atoms with Crippen LogP contribution in [-0.2, 0) is 16.6 Å². The summed E-state index contributed by atoms with van der Waals surface area (Å²) in [7, 11) is -3.71. The summed E-state index contributed by atoms with van der Waals surface area (Å²) in [6.07, 6.45) is 2.70. The minimum absolute atomic E-state index is 0.0340. The van der Waals surface area contributed by atoms with Crippen molar-refractivity contribution < 1.29 is 8.42 Å². The van der Waals surface area contributed by atoms with E-state index in [2.05, 4.69) is 24.9 Å². The molecule has 0 fully saturated rings. The van der Waals surface area contributed by atoms with Gasteiger partial charge in [-0.2, -0.15) is 18.5 Å². The number of aromatic nitrogens is 5. The summed E-state index contributed by atoms with van der Waals surface area (Å²) in [6.45, 7) is 4.32. The van der Waals surface area contributed by atoms with Gasteiger partial charge in [0.15, 0.2) is 5.03 Å². The first kappa shape index (κ1) is 11.6. The highest BCUT2D eigenvalue weighted by molar-refractivity contribution is 7.92. The van der Waals surface area contributed by atoms with Crippen LogP contribution in [0.25, 0.3) is 0 Å². The van der Waals surface area contributed by atoms with Crippen molar-refractivity contribution in [2.24, 2.45) is 0 Å². The fraction of sp³-hybridized carbons (Fsp3) is 0.375. The van der Waals surface area contributed by atoms with Gasteiger partial charge >= 0.3 is 0 Å². The number of imidazole rings is 1. The molecule has 2 rings (SSSR count). The lowest BCUT2D eigenvalue weighted by atomic mass is 10.6. The Bertz CT molecular complexity index is 600. The van der Waals surface area contributed by atoms with Gasteiger partial charge in [-0.15, -0.1) is 0 Å². The average molecular weight is 256 g/mol. The van der Waals surface area contributed by atoms with Crippen LogP contribution in [0.1, 0.15) is 12.7 Å². The van der Waals surface area contributed by atoms with Gasteiger partial charge in [-0.1, -0.05) is 0 Å². The standard InChI is InChI=1S/C8H12N6O2S/c1-3-14-4-7(11-6(14)2)17(15,16)13-8-9-5-10-12-8/h4-5H,3H2,1-2H3,(H2,9,10,12,13). The molecule has 2 N–H and O–H groups in total. The molecule has 0 radical (unpaired) electrons. The topological polar surface area (TPSA) is 106 Å². The van der Waals surface area contributed by atoms with Crippen molar-refractivity contribution in [3.63, 3.8) is 0 Å². The average Bonchev–Trinajstić information content (AvgIpc) is 2.87. The largest absolute Gasteiger partial charge is 0.334 e. The molecule has 2 aromatic rings. The molecule has 2 aromatic heterocycles. The van der Waals surface area contributed by atoms with E-state index in [1.165, 1.54) is 12.5 Å². The molecule has 2 heterocycles. The Morgan fingerprint density at radius 3 is 2.82 bits per heavy atom. The molecule has 9 heteroatoms. The fourth-order valence-electron chi connectivity index (χ4n) is 1.36. The van der Waals surface area contributed by atoms with Crippen molar-refractivity contribution in [2.45, 2.75) is 25.4 Å². The van der Waals surface area contributed by atoms with E-state index in [1.54, 1.807) is 11.5 Å². The Morgan fingerprint density at radius 1 is 1.53 bits per heavy atom. The van der Waals surface area contributed by atoms with Crippen LogP contribution in [0.3, 0.4) is 0 Å². The molecular formula is C8H12N6O2S. The van der Waals surface area contributed by atoms with Gasteiger partial charge in [0, 0.05) is 12.7 Å². The number of aromatic amines is 1. The van der Waals surface area contributed by atoms with Crippen LogP contribution in [0.2, 0.25) is 0 Å². The Balaban J connectivity index is 2.31. The van der Waals surface area contributed by atoms with Crippen molar-refractivity contribution in [1.82, 2.24) is 24.7 Å². The number of aryl methyl sites for hydroxylation is 2. The molecule has 17 heavy (non-hydrogen) atoms. The van der Waals surface area contributed by atoms with Gasteiger partial charge in [0.05, 0.1) is 0 Å². The van der Waals surface area contributed by atoms with Crippen LogP contribution < -0.4 is 4.72 Å². The molecular weight excluding hydrogens is 244 g/mol. The zero-order valence-electron chi connectivity index (χ0n) is 9.38. The lowest BCUT2D eigenvalue weighted by Gasteiger charge is -2.00. The van der Waals surface area contributed by atoms with Crippen molar-refractivity contribution in [2.75, 3.05) is 4.72 Å². The van der Waals surface area contributed by atoms with E-state index >= 15 is 0 Å². The summed E-state index contributed by atoms with van der Waals surface area (Å²) in [6, 6.07) is 0. The van der Waals surface area contributed by atoms with E-state index < -0.39 is 10.0 Å². The minimum atomic E-state index is -3.71. The van der Waals surface area contributed by atoms with E-state index in [1.807, 2.05) is 6.92 Å². The van der Waals surface area contributed by atoms with E-state index in [-0.39, 0.29) is 11.0 Å². The smallest absolute Gasteiger partial charge is 0.283 e. The molecule has 0 aliphatic rings. The molecule has 0 spiro atoms. The number of hydrogen-bond acceptors (Lipinski definition) is 5. The molecule has 0 bridgehead atoms. The molecule has 0 unspecified atom stereocenters. The second-order valence-electron chi connectivity index (χ2n) is 3.35. The van der Waals surface area contributed by atoms with Crippen LogP contribution in [0, 0.1) is 6.92 Å². The third kappa shape index (κ3) is 2.28. The quantitative estimate of drug-likeness (QED) is 0.808. The number of hydrogen-bond donors (Lipinski definition) is 2. The molecule has 0 aliphatic carbocycles. The zero-order chi connectivity index (χ0) is 12.5. The first-order valence-corrected chi connectivity index (χ1v) is 6.43. The lowest BCUT2D eigenvalue weighted by molar-refractivity contribution is 0.597. The van der Waals surface area contributed by atoms with Crippen molar-refractivity contribution >= 4 is 16.0 Å². The molecule has 0 aromatic carbocycles. The van der Waals surface area contributed by atoms with E-state index in [4.69, 9.17) is 0 Å². The maximum atomic E-state index is 11.9. The summed E-state index contributed by atoms with van der Waals surface area (Å²) in [4.78, 5) is 7.67. The number of sulfonamides is 1. The first-order valence-electron chi connectivity index (χ1n) is 4.95. The summed E-state index contributed by atoms with van der Waals surface area (Å²) in [5, 5.41) is 5.93. The van der Waals surface area contributed by atoms with Gasteiger partial charge in [-0.3, -0.25) is 0 Å². The Hall–Kier alpha value is -1.90. The highest BCUT2D eigenvalue weighted by Gasteiger charge is 2.19. The number of nitrogens with one attached hydrogen (secondary N) is 2. The molecule has 0 saturated heterocycles. The van der Waals surface area contributed by atoms with E-state index in [0.717, 1.165) is 0 Å². The second kappa shape index (κ2) is 4.17. The Morgan fingerprint density at radius 2 is 2.29 bits per heavy atom. The number of H-pyrrole nitrogens is 1. The van der Waals surface area contributed by atoms with Crippen LogP contribution in [-0.4, -0.2) is 33.2 Å². The molecule has 92 valence electrons. The first-order chi connectivity index (χ1) is 8.03. The maximum absolute atomic E-state index is 11.9. The molecule has 0 saturated carbocycles. The predicted molar refractivity (Wildman–Crippen MR) is 59.8 cm³/mol. The minimum Gasteiger partial charge on any atom is -0.334 e. The lowest BCUT2D eigenvalue weighted by Crippen LogP contribution is -2.14. The van der Waals surface area contributed by atoms with Crippen molar-refractivity contribution in [1.29, 1.82) is 0 Å². The van der Waals surface area contributed by atoms with Gasteiger partial charge < -0.3 is 4.57 Å². The van der Waals surface area contributed by atoms with E-state index in [9.17, 15) is 8.42 Å². The highest BCUT2D eigenvalue weighted by atomic mass is 32.2. The second-order valence-corrected chi connectivity index (χ2v) is 4.98. The van der Waals surface area contributed by atoms with Crippen LogP contribution in [0.15, 0.2) is 17.6 Å². The summed E-state index contributed by atoms with van der Waals surface area (Å²) in [5.41, 5.74) is 0. The normalized spacial score (nSPS) is 11.6. The Kier molecular flexibility index (Phi) is 2.84. The van der Waals surface area contributed by atoms with Crippen molar-refractivity contribution in [3.05, 3.63) is 18.3 Å². The summed E-state index contributed by atoms with van der Waals surface area (Å²) in [5.74, 6) is 0.708. The summed E-state index contributed by atoms with van der Waals surface area (Å²) < 4.78 is 27.8. The monoisotopic (exact) mass is 256 g/mol. The third-order valence-electron chi connectivity index (χ3n) is 2.22. The van der Waals surface area contributed by atoms with Gasteiger partial charge in [-0.25, -0.2) is 14.8 Å². The molecule has 0 atom stereocenters. The zero-order valence-corrected chi connectivity index (χ0v) is 10.2. The van der Waals surface area contributed by atoms with Crippen LogP contribution >= 0.6 is 0 Å². The van der Waals surface area contributed by atoms with Gasteiger partial charge in [0.1, 0.15) is 12.2 Å². The van der Waals surface area contributed by atoms with Crippen LogP contribution in [0.5, 0.6) is 0 Å². The third-order valence-corrected chi connectivity index (χ3v) is 3.43. The summed E-state index contributed by atoms with van der Waals surface area (Å²) >= 11 is 0. The number of rotatable bonds is 4. The molecule has 0 amide bonds. The van der Waals surface area contributed by atoms with Crippen molar-refractivity contribution in [3.8, 4) is 0 Å². The number of nitrogens with zero attached hydrogens (tertiary/aromatic N) is 4. The Labute approximate surface area is 98.1 Å². The SMILES string of the molecule is CCn1cc(S(=O)(=O)Nc2ncn[nH]2)nc1C. The molecule has 0 aliphatic heterocycles. The van der Waals surface area contributed by atoms with Gasteiger partial charge in [0.2, 0.25) is 5.95 Å². The number of anilines is 1. The highest BCUT2D eigenvalue weighted by Crippen LogP contribution is 2.12.